The summed E-state index contributed by atoms with van der Waals surface area (Å²) in [6, 6.07) is 9.78. The molecule has 0 saturated heterocycles. The van der Waals surface area contributed by atoms with Crippen molar-refractivity contribution < 1.29 is 9.15 Å². The molecule has 108 valence electrons. The largest absolute Gasteiger partial charge is 0.469 e. The molecule has 0 aliphatic carbocycles. The maximum absolute atomic E-state index is 6.14. The maximum atomic E-state index is 6.14. The highest BCUT2D eigenvalue weighted by atomic mass is 35.5. The second kappa shape index (κ2) is 4.81. The zero-order chi connectivity index (χ0) is 14.4. The summed E-state index contributed by atoms with van der Waals surface area (Å²) in [5.41, 5.74) is 2.05. The van der Waals surface area contributed by atoms with Crippen molar-refractivity contribution in [1.82, 2.24) is 5.01 Å². The van der Waals surface area contributed by atoms with E-state index in [0.29, 0.717) is 0 Å². The molecule has 2 aliphatic heterocycles. The molecule has 0 saturated carbocycles. The molecule has 5 heteroatoms. The van der Waals surface area contributed by atoms with Gasteiger partial charge in [-0.15, -0.1) is 0 Å². The summed E-state index contributed by atoms with van der Waals surface area (Å²) in [7, 11) is 0. The predicted octanol–water partition coefficient (Wildman–Crippen LogP) is 4.21. The highest BCUT2D eigenvalue weighted by Gasteiger charge is 2.40. The molecule has 2 aliphatic rings. The number of hydrogen-bond donors (Lipinski definition) is 0. The molecule has 2 aromatic rings. The van der Waals surface area contributed by atoms with E-state index in [1.165, 1.54) is 0 Å². The Morgan fingerprint density at radius 3 is 3.05 bits per heavy atom. The first-order valence-electron chi connectivity index (χ1n) is 7.12. The number of ether oxygens (including phenoxy) is 1. The van der Waals surface area contributed by atoms with Crippen LogP contribution in [0.25, 0.3) is 0 Å². The summed E-state index contributed by atoms with van der Waals surface area (Å²) in [5, 5.41) is 7.48. The van der Waals surface area contributed by atoms with Gasteiger partial charge in [0.05, 0.1) is 12.3 Å². The van der Waals surface area contributed by atoms with E-state index in [1.54, 1.807) is 6.26 Å². The molecule has 2 atom stereocenters. The molecular formula is C16H15ClN2O2. The summed E-state index contributed by atoms with van der Waals surface area (Å²) in [5.74, 6) is 1.73. The van der Waals surface area contributed by atoms with E-state index in [9.17, 15) is 0 Å². The van der Waals surface area contributed by atoms with Gasteiger partial charge in [-0.2, -0.15) is 5.10 Å². The van der Waals surface area contributed by atoms with Gasteiger partial charge < -0.3 is 9.15 Å². The number of hydrogen-bond acceptors (Lipinski definition) is 4. The van der Waals surface area contributed by atoms with Gasteiger partial charge in [0.25, 0.3) is 0 Å². The minimum atomic E-state index is -0.0452. The van der Waals surface area contributed by atoms with Crippen LogP contribution in [-0.4, -0.2) is 16.9 Å². The van der Waals surface area contributed by atoms with Crippen molar-refractivity contribution in [1.29, 1.82) is 0 Å². The molecule has 4 nitrogen and oxygen atoms in total. The van der Waals surface area contributed by atoms with Crippen molar-refractivity contribution in [2.75, 3.05) is 0 Å². The lowest BCUT2D eigenvalue weighted by Gasteiger charge is -2.37. The third-order valence-electron chi connectivity index (χ3n) is 3.99. The van der Waals surface area contributed by atoms with E-state index < -0.39 is 0 Å². The predicted molar refractivity (Wildman–Crippen MR) is 80.6 cm³/mol. The SMILES string of the molecule is CCC1Oc2ccc(Cl)cc2C2CC(c3ccco3)=NN12. The molecule has 1 aromatic heterocycles. The maximum Gasteiger partial charge on any atom is 0.187 e. The number of nitrogens with zero attached hydrogens (tertiary/aromatic N) is 2. The third-order valence-corrected chi connectivity index (χ3v) is 4.22. The fourth-order valence-electron chi connectivity index (χ4n) is 2.99. The average Bonchev–Trinajstić information content (AvgIpc) is 3.15. The first-order valence-corrected chi connectivity index (χ1v) is 7.50. The van der Waals surface area contributed by atoms with E-state index in [2.05, 4.69) is 6.92 Å². The van der Waals surface area contributed by atoms with Crippen LogP contribution in [0.3, 0.4) is 0 Å². The number of fused-ring (bicyclic) bond motifs is 3. The van der Waals surface area contributed by atoms with Gasteiger partial charge in [0.1, 0.15) is 17.2 Å². The number of benzene rings is 1. The highest BCUT2D eigenvalue weighted by Crippen LogP contribution is 2.44. The van der Waals surface area contributed by atoms with Crippen LogP contribution in [0.4, 0.5) is 0 Å². The lowest BCUT2D eigenvalue weighted by molar-refractivity contribution is -0.0188. The van der Waals surface area contributed by atoms with Gasteiger partial charge in [-0.3, -0.25) is 5.01 Å². The topological polar surface area (TPSA) is 38.0 Å². The molecule has 0 amide bonds. The first-order chi connectivity index (χ1) is 10.3. The Hall–Kier alpha value is -1.94. The molecule has 0 radical (unpaired) electrons. The first kappa shape index (κ1) is 12.8. The molecule has 21 heavy (non-hydrogen) atoms. The van der Waals surface area contributed by atoms with Crippen molar-refractivity contribution in [2.45, 2.75) is 32.0 Å². The summed E-state index contributed by atoms with van der Waals surface area (Å²) in [6.07, 6.45) is 3.30. The molecule has 0 fully saturated rings. The zero-order valence-corrected chi connectivity index (χ0v) is 12.4. The summed E-state index contributed by atoms with van der Waals surface area (Å²) >= 11 is 6.14. The average molecular weight is 303 g/mol. The van der Waals surface area contributed by atoms with Crippen LogP contribution >= 0.6 is 11.6 Å². The smallest absolute Gasteiger partial charge is 0.187 e. The summed E-state index contributed by atoms with van der Waals surface area (Å²) < 4.78 is 11.5. The van der Waals surface area contributed by atoms with Crippen LogP contribution in [-0.2, 0) is 0 Å². The Kier molecular flexibility index (Phi) is 2.93. The van der Waals surface area contributed by atoms with E-state index in [4.69, 9.17) is 25.9 Å². The molecular weight excluding hydrogens is 288 g/mol. The number of halogens is 1. The van der Waals surface area contributed by atoms with Crippen molar-refractivity contribution >= 4 is 17.3 Å². The standard InChI is InChI=1S/C16H15ClN2O2/c1-2-16-19-13(9-12(18-19)15-4-3-7-20-15)11-8-10(17)5-6-14(11)21-16/h3-8,13,16H,2,9H2,1H3. The Bertz CT molecular complexity index is 696. The molecule has 3 heterocycles. The van der Waals surface area contributed by atoms with Crippen LogP contribution < -0.4 is 4.74 Å². The van der Waals surface area contributed by atoms with Crippen molar-refractivity contribution in [3.05, 3.63) is 52.9 Å². The molecule has 4 rings (SSSR count). The molecule has 0 N–H and O–H groups in total. The molecule has 0 bridgehead atoms. The summed E-state index contributed by atoms with van der Waals surface area (Å²) in [6.45, 7) is 2.10. The lowest BCUT2D eigenvalue weighted by Crippen LogP contribution is -2.39. The highest BCUT2D eigenvalue weighted by molar-refractivity contribution is 6.30. The normalized spacial score (nSPS) is 23.3. The molecule has 2 unspecified atom stereocenters. The van der Waals surface area contributed by atoms with Crippen LogP contribution in [0.1, 0.15) is 37.1 Å². The lowest BCUT2D eigenvalue weighted by atomic mass is 9.98. The van der Waals surface area contributed by atoms with Crippen LogP contribution in [0.2, 0.25) is 5.02 Å². The van der Waals surface area contributed by atoms with Gasteiger partial charge in [0.2, 0.25) is 0 Å². The third kappa shape index (κ3) is 2.02. The van der Waals surface area contributed by atoms with Crippen molar-refractivity contribution in [3.63, 3.8) is 0 Å². The van der Waals surface area contributed by atoms with Gasteiger partial charge in [-0.1, -0.05) is 18.5 Å². The van der Waals surface area contributed by atoms with E-state index in [-0.39, 0.29) is 12.3 Å². The van der Waals surface area contributed by atoms with Gasteiger partial charge in [0.15, 0.2) is 6.23 Å². The number of furan rings is 1. The van der Waals surface area contributed by atoms with Crippen LogP contribution in [0, 0.1) is 0 Å². The Balaban J connectivity index is 1.76. The van der Waals surface area contributed by atoms with Gasteiger partial charge in [-0.05, 0) is 30.3 Å². The van der Waals surface area contributed by atoms with Crippen LogP contribution in [0.15, 0.2) is 46.1 Å². The minimum absolute atomic E-state index is 0.0452. The second-order valence-corrected chi connectivity index (χ2v) is 5.72. The van der Waals surface area contributed by atoms with Gasteiger partial charge in [0, 0.05) is 23.4 Å². The molecule has 0 spiro atoms. The monoisotopic (exact) mass is 302 g/mol. The number of rotatable bonds is 2. The summed E-state index contributed by atoms with van der Waals surface area (Å²) in [4.78, 5) is 0. The van der Waals surface area contributed by atoms with Crippen LogP contribution in [0.5, 0.6) is 5.75 Å². The van der Waals surface area contributed by atoms with E-state index >= 15 is 0 Å². The molecule has 1 aromatic carbocycles. The Labute approximate surface area is 128 Å². The Morgan fingerprint density at radius 1 is 1.38 bits per heavy atom. The minimum Gasteiger partial charge on any atom is -0.469 e. The van der Waals surface area contributed by atoms with Gasteiger partial charge >= 0.3 is 0 Å². The van der Waals surface area contributed by atoms with Crippen molar-refractivity contribution in [2.24, 2.45) is 5.10 Å². The quantitative estimate of drug-likeness (QED) is 0.834. The van der Waals surface area contributed by atoms with E-state index in [1.807, 2.05) is 35.3 Å². The fraction of sp³-hybridized carbons (Fsp3) is 0.312. The van der Waals surface area contributed by atoms with E-state index in [0.717, 1.165) is 40.6 Å². The van der Waals surface area contributed by atoms with Crippen molar-refractivity contribution in [3.8, 4) is 5.75 Å². The fourth-order valence-corrected chi connectivity index (χ4v) is 3.18. The number of hydrazone groups is 1. The zero-order valence-electron chi connectivity index (χ0n) is 11.6. The second-order valence-electron chi connectivity index (χ2n) is 5.29. The van der Waals surface area contributed by atoms with Gasteiger partial charge in [-0.25, -0.2) is 0 Å². The Morgan fingerprint density at radius 2 is 2.29 bits per heavy atom.